The van der Waals surface area contributed by atoms with Crippen molar-refractivity contribution in [3.8, 4) is 5.75 Å². The lowest BCUT2D eigenvalue weighted by atomic mass is 9.80. The maximum absolute atomic E-state index is 12.9. The van der Waals surface area contributed by atoms with Crippen molar-refractivity contribution in [2.75, 3.05) is 46.6 Å². The summed E-state index contributed by atoms with van der Waals surface area (Å²) < 4.78 is 10.9. The highest BCUT2D eigenvalue weighted by Crippen LogP contribution is 2.32. The van der Waals surface area contributed by atoms with Crippen LogP contribution in [0.3, 0.4) is 0 Å². The van der Waals surface area contributed by atoms with E-state index in [2.05, 4.69) is 0 Å². The molecule has 1 aromatic carbocycles. The molecule has 2 rings (SSSR count). The highest BCUT2D eigenvalue weighted by atomic mass is 35.5. The van der Waals surface area contributed by atoms with Crippen molar-refractivity contribution in [3.63, 3.8) is 0 Å². The third kappa shape index (κ3) is 4.60. The minimum absolute atomic E-state index is 0.0278. The predicted octanol–water partition coefficient (Wildman–Crippen LogP) is 1.54. The molecule has 1 saturated heterocycles. The topological polar surface area (TPSA) is 85.0 Å². The summed E-state index contributed by atoms with van der Waals surface area (Å²) in [6.07, 6.45) is 1.46. The Morgan fingerprint density at radius 1 is 1.46 bits per heavy atom. The molecule has 24 heavy (non-hydrogen) atoms. The third-order valence-electron chi connectivity index (χ3n) is 4.36. The number of benzene rings is 1. The maximum atomic E-state index is 12.9. The fraction of sp³-hybridized carbons (Fsp3) is 0.588. The minimum atomic E-state index is -0.320. The average molecular weight is 357 g/mol. The number of hydrogen-bond acceptors (Lipinski definition) is 5. The summed E-state index contributed by atoms with van der Waals surface area (Å²) in [6, 6.07) is 4.95. The molecule has 0 bridgehead atoms. The van der Waals surface area contributed by atoms with Crippen LogP contribution < -0.4 is 10.5 Å². The summed E-state index contributed by atoms with van der Waals surface area (Å²) in [6.45, 7) is 2.37. The first-order valence-corrected chi connectivity index (χ1v) is 8.45. The van der Waals surface area contributed by atoms with Crippen LogP contribution in [0.2, 0.25) is 5.02 Å². The molecule has 1 fully saturated rings. The van der Waals surface area contributed by atoms with Crippen molar-refractivity contribution in [2.24, 2.45) is 11.1 Å². The number of rotatable bonds is 7. The van der Waals surface area contributed by atoms with Crippen LogP contribution in [0, 0.1) is 5.41 Å². The number of hydrogen-bond donors (Lipinski definition) is 2. The van der Waals surface area contributed by atoms with E-state index in [0.717, 1.165) is 12.8 Å². The molecule has 1 aliphatic rings. The number of aliphatic hydroxyl groups is 1. The van der Waals surface area contributed by atoms with Crippen molar-refractivity contribution in [1.82, 2.24) is 4.90 Å². The molecule has 0 radical (unpaired) electrons. The van der Waals surface area contributed by atoms with E-state index < -0.39 is 0 Å². The SMILES string of the molecule is CN(CC1(CO)CCOCC1)C(=O)c1cc(Cl)ccc1OCCN. The molecule has 0 atom stereocenters. The lowest BCUT2D eigenvalue weighted by Gasteiger charge is -2.38. The van der Waals surface area contributed by atoms with Crippen LogP contribution in [0.15, 0.2) is 18.2 Å². The molecule has 7 heteroatoms. The smallest absolute Gasteiger partial charge is 0.257 e. The number of ether oxygens (including phenoxy) is 2. The quantitative estimate of drug-likeness (QED) is 0.774. The van der Waals surface area contributed by atoms with Gasteiger partial charge in [0.15, 0.2) is 0 Å². The second-order valence-electron chi connectivity index (χ2n) is 6.21. The standard InChI is InChI=1S/C17H25ClN2O4/c1-20(11-17(12-21)4-7-23-8-5-17)16(22)14-10-13(18)2-3-15(14)24-9-6-19/h2-3,10,21H,4-9,11-12,19H2,1H3. The van der Waals surface area contributed by atoms with Crippen molar-refractivity contribution in [2.45, 2.75) is 12.8 Å². The van der Waals surface area contributed by atoms with Gasteiger partial charge < -0.3 is 25.2 Å². The number of nitrogens with two attached hydrogens (primary N) is 1. The Morgan fingerprint density at radius 2 is 2.17 bits per heavy atom. The molecule has 1 heterocycles. The van der Waals surface area contributed by atoms with Gasteiger partial charge in [0, 0.05) is 43.8 Å². The summed E-state index contributed by atoms with van der Waals surface area (Å²) in [5, 5.41) is 10.3. The highest BCUT2D eigenvalue weighted by Gasteiger charge is 2.35. The van der Waals surface area contributed by atoms with Gasteiger partial charge in [0.25, 0.3) is 5.91 Å². The molecule has 1 aliphatic heterocycles. The maximum Gasteiger partial charge on any atom is 0.257 e. The van der Waals surface area contributed by atoms with E-state index in [9.17, 15) is 9.90 Å². The first-order chi connectivity index (χ1) is 11.5. The van der Waals surface area contributed by atoms with Gasteiger partial charge >= 0.3 is 0 Å². The van der Waals surface area contributed by atoms with Gasteiger partial charge in [0.2, 0.25) is 0 Å². The molecule has 1 amide bonds. The molecule has 6 nitrogen and oxygen atoms in total. The van der Waals surface area contributed by atoms with E-state index in [4.69, 9.17) is 26.8 Å². The summed E-state index contributed by atoms with van der Waals surface area (Å²) >= 11 is 6.04. The van der Waals surface area contributed by atoms with Crippen molar-refractivity contribution in [1.29, 1.82) is 0 Å². The van der Waals surface area contributed by atoms with Crippen LogP contribution >= 0.6 is 11.6 Å². The van der Waals surface area contributed by atoms with Gasteiger partial charge in [0.1, 0.15) is 12.4 Å². The number of nitrogens with zero attached hydrogens (tertiary/aromatic N) is 1. The van der Waals surface area contributed by atoms with Gasteiger partial charge in [-0.25, -0.2) is 0 Å². The second kappa shape index (κ2) is 8.67. The Balaban J connectivity index is 2.16. The van der Waals surface area contributed by atoms with Crippen molar-refractivity contribution < 1.29 is 19.4 Å². The van der Waals surface area contributed by atoms with E-state index in [1.54, 1.807) is 30.1 Å². The molecular weight excluding hydrogens is 332 g/mol. The third-order valence-corrected chi connectivity index (χ3v) is 4.59. The van der Waals surface area contributed by atoms with Crippen LogP contribution in [0.5, 0.6) is 5.75 Å². The molecule has 0 saturated carbocycles. The number of carbonyl (C=O) groups excluding carboxylic acids is 1. The molecule has 3 N–H and O–H groups in total. The fourth-order valence-electron chi connectivity index (χ4n) is 2.92. The summed E-state index contributed by atoms with van der Waals surface area (Å²) in [7, 11) is 1.73. The van der Waals surface area contributed by atoms with Crippen LogP contribution in [0.25, 0.3) is 0 Å². The van der Waals surface area contributed by atoms with Crippen LogP contribution in [0.4, 0.5) is 0 Å². The Labute approximate surface area is 147 Å². The summed E-state index contributed by atoms with van der Waals surface area (Å²) in [5.41, 5.74) is 5.55. The minimum Gasteiger partial charge on any atom is -0.491 e. The molecule has 0 unspecified atom stereocenters. The van der Waals surface area contributed by atoms with Gasteiger partial charge in [-0.3, -0.25) is 4.79 Å². The summed E-state index contributed by atoms with van der Waals surface area (Å²) in [5.74, 6) is 0.274. The van der Waals surface area contributed by atoms with Crippen molar-refractivity contribution in [3.05, 3.63) is 28.8 Å². The zero-order chi connectivity index (χ0) is 17.6. The summed E-state index contributed by atoms with van der Waals surface area (Å²) in [4.78, 5) is 14.5. The van der Waals surface area contributed by atoms with E-state index in [1.165, 1.54) is 0 Å². The molecule has 134 valence electrons. The largest absolute Gasteiger partial charge is 0.491 e. The van der Waals surface area contributed by atoms with Crippen molar-refractivity contribution >= 4 is 17.5 Å². The van der Waals surface area contributed by atoms with E-state index in [-0.39, 0.29) is 17.9 Å². The van der Waals surface area contributed by atoms with Crippen LogP contribution in [-0.4, -0.2) is 62.5 Å². The zero-order valence-electron chi connectivity index (χ0n) is 14.0. The van der Waals surface area contributed by atoms with E-state index in [0.29, 0.717) is 49.2 Å². The molecule has 0 aliphatic carbocycles. The number of amides is 1. The van der Waals surface area contributed by atoms with E-state index >= 15 is 0 Å². The Morgan fingerprint density at radius 3 is 2.79 bits per heavy atom. The monoisotopic (exact) mass is 356 g/mol. The number of carbonyl (C=O) groups is 1. The van der Waals surface area contributed by atoms with E-state index in [1.807, 2.05) is 0 Å². The van der Waals surface area contributed by atoms with Crippen LogP contribution in [-0.2, 0) is 4.74 Å². The Bertz CT molecular complexity index is 562. The lowest BCUT2D eigenvalue weighted by molar-refractivity contribution is -0.0283. The molecule has 0 spiro atoms. The van der Waals surface area contributed by atoms with Gasteiger partial charge in [-0.15, -0.1) is 0 Å². The van der Waals surface area contributed by atoms with Crippen LogP contribution in [0.1, 0.15) is 23.2 Å². The lowest BCUT2D eigenvalue weighted by Crippen LogP contribution is -2.44. The molecule has 0 aromatic heterocycles. The van der Waals surface area contributed by atoms with Gasteiger partial charge in [-0.2, -0.15) is 0 Å². The highest BCUT2D eigenvalue weighted by molar-refractivity contribution is 6.31. The van der Waals surface area contributed by atoms with Gasteiger partial charge in [0.05, 0.1) is 12.2 Å². The fourth-order valence-corrected chi connectivity index (χ4v) is 3.09. The average Bonchev–Trinajstić information content (AvgIpc) is 2.60. The Kier molecular flexibility index (Phi) is 6.86. The van der Waals surface area contributed by atoms with Gasteiger partial charge in [-0.05, 0) is 31.0 Å². The normalized spacial score (nSPS) is 16.7. The Hall–Kier alpha value is -1.34. The predicted molar refractivity (Wildman–Crippen MR) is 92.5 cm³/mol. The van der Waals surface area contributed by atoms with Gasteiger partial charge in [-0.1, -0.05) is 11.6 Å². The zero-order valence-corrected chi connectivity index (χ0v) is 14.7. The number of halogens is 1. The second-order valence-corrected chi connectivity index (χ2v) is 6.65. The molecule has 1 aromatic rings. The molecular formula is C17H25ClN2O4. The first-order valence-electron chi connectivity index (χ1n) is 8.08. The number of aliphatic hydroxyl groups excluding tert-OH is 1. The first kappa shape index (κ1) is 19.0.